The molecule has 0 bridgehead atoms. The zero-order valence-corrected chi connectivity index (χ0v) is 12.7. The molecule has 2 aromatic rings. The molecular weight excluding hydrogens is 289 g/mol. The number of alkyl halides is 3. The lowest BCUT2D eigenvalue weighted by molar-refractivity contribution is -0.137. The van der Waals surface area contributed by atoms with E-state index in [9.17, 15) is 18.0 Å². The molecule has 0 aromatic heterocycles. The van der Waals surface area contributed by atoms with Crippen molar-refractivity contribution in [3.05, 3.63) is 59.7 Å². The SMILES string of the molecule is CC(C)(C)C(=O)c1ccccc1-c1ccc(C(F)(F)F)cc1. The Hall–Kier alpha value is -2.10. The van der Waals surface area contributed by atoms with E-state index < -0.39 is 17.2 Å². The Morgan fingerprint density at radius 1 is 0.864 bits per heavy atom. The molecule has 1 nitrogen and oxygen atoms in total. The molecule has 0 N–H and O–H groups in total. The van der Waals surface area contributed by atoms with Crippen molar-refractivity contribution in [1.82, 2.24) is 0 Å². The molecule has 0 aliphatic heterocycles. The van der Waals surface area contributed by atoms with Gasteiger partial charge in [-0.05, 0) is 23.3 Å². The molecule has 0 saturated carbocycles. The predicted molar refractivity (Wildman–Crippen MR) is 80.7 cm³/mol. The monoisotopic (exact) mass is 306 g/mol. The van der Waals surface area contributed by atoms with Gasteiger partial charge in [0.25, 0.3) is 0 Å². The molecule has 2 rings (SSSR count). The number of carbonyl (C=O) groups is 1. The number of hydrogen-bond donors (Lipinski definition) is 0. The second-order valence-corrected chi connectivity index (χ2v) is 6.20. The first kappa shape index (κ1) is 16.3. The van der Waals surface area contributed by atoms with Gasteiger partial charge in [0.05, 0.1) is 5.56 Å². The molecule has 0 saturated heterocycles. The van der Waals surface area contributed by atoms with Crippen LogP contribution in [0.3, 0.4) is 0 Å². The zero-order chi connectivity index (χ0) is 16.5. The molecule has 2 aromatic carbocycles. The third-order valence-corrected chi connectivity index (χ3v) is 3.38. The van der Waals surface area contributed by atoms with Gasteiger partial charge < -0.3 is 0 Å². The largest absolute Gasteiger partial charge is 0.416 e. The minimum atomic E-state index is -4.36. The standard InChI is InChI=1S/C18H17F3O/c1-17(2,3)16(22)15-7-5-4-6-14(15)12-8-10-13(11-9-12)18(19,20)21/h4-11H,1-3H3. The van der Waals surface area contributed by atoms with E-state index in [0.717, 1.165) is 12.1 Å². The normalized spacial score (nSPS) is 12.3. The fraction of sp³-hybridized carbons (Fsp3) is 0.278. The smallest absolute Gasteiger partial charge is 0.294 e. The minimum Gasteiger partial charge on any atom is -0.294 e. The lowest BCUT2D eigenvalue weighted by atomic mass is 9.83. The second-order valence-electron chi connectivity index (χ2n) is 6.20. The average molecular weight is 306 g/mol. The van der Waals surface area contributed by atoms with Crippen LogP contribution in [-0.4, -0.2) is 5.78 Å². The van der Waals surface area contributed by atoms with Crippen LogP contribution in [0.4, 0.5) is 13.2 Å². The first-order valence-corrected chi connectivity index (χ1v) is 6.92. The number of rotatable bonds is 2. The number of Topliss-reactive ketones (excluding diaryl/α,β-unsaturated/α-hetero) is 1. The maximum absolute atomic E-state index is 12.6. The molecular formula is C18H17F3O. The Labute approximate surface area is 127 Å². The van der Waals surface area contributed by atoms with Gasteiger partial charge >= 0.3 is 6.18 Å². The summed E-state index contributed by atoms with van der Waals surface area (Å²) < 4.78 is 37.9. The summed E-state index contributed by atoms with van der Waals surface area (Å²) in [6.07, 6.45) is -4.36. The van der Waals surface area contributed by atoms with E-state index in [4.69, 9.17) is 0 Å². The van der Waals surface area contributed by atoms with Crippen LogP contribution in [0, 0.1) is 5.41 Å². The molecule has 0 aliphatic carbocycles. The summed E-state index contributed by atoms with van der Waals surface area (Å²) in [5.74, 6) is -0.0389. The fourth-order valence-corrected chi connectivity index (χ4v) is 2.18. The lowest BCUT2D eigenvalue weighted by Crippen LogP contribution is -2.20. The van der Waals surface area contributed by atoms with Crippen molar-refractivity contribution in [1.29, 1.82) is 0 Å². The number of halogens is 3. The number of hydrogen-bond acceptors (Lipinski definition) is 1. The summed E-state index contributed by atoms with van der Waals surface area (Å²) in [5, 5.41) is 0. The van der Waals surface area contributed by atoms with Gasteiger partial charge in [0, 0.05) is 11.0 Å². The Morgan fingerprint density at radius 2 is 1.41 bits per heavy atom. The van der Waals surface area contributed by atoms with Crippen molar-refractivity contribution in [2.24, 2.45) is 5.41 Å². The second kappa shape index (κ2) is 5.59. The predicted octanol–water partition coefficient (Wildman–Crippen LogP) is 5.60. The van der Waals surface area contributed by atoms with Crippen LogP contribution in [0.1, 0.15) is 36.7 Å². The van der Waals surface area contributed by atoms with Gasteiger partial charge in [-0.15, -0.1) is 0 Å². The first-order chi connectivity index (χ1) is 10.1. The van der Waals surface area contributed by atoms with Crippen LogP contribution in [0.2, 0.25) is 0 Å². The van der Waals surface area contributed by atoms with Gasteiger partial charge in [-0.2, -0.15) is 13.2 Å². The lowest BCUT2D eigenvalue weighted by Gasteiger charge is -2.19. The van der Waals surface area contributed by atoms with Crippen molar-refractivity contribution < 1.29 is 18.0 Å². The molecule has 0 fully saturated rings. The van der Waals surface area contributed by atoms with E-state index in [-0.39, 0.29) is 5.78 Å². The van der Waals surface area contributed by atoms with E-state index >= 15 is 0 Å². The third kappa shape index (κ3) is 3.38. The molecule has 4 heteroatoms. The minimum absolute atomic E-state index is 0.0389. The summed E-state index contributed by atoms with van der Waals surface area (Å²) >= 11 is 0. The van der Waals surface area contributed by atoms with Gasteiger partial charge in [-0.25, -0.2) is 0 Å². The molecule has 0 atom stereocenters. The maximum atomic E-state index is 12.6. The van der Waals surface area contributed by atoms with Crippen molar-refractivity contribution >= 4 is 5.78 Å². The van der Waals surface area contributed by atoms with Gasteiger partial charge in [0.15, 0.2) is 5.78 Å². The van der Waals surface area contributed by atoms with E-state index in [2.05, 4.69) is 0 Å². The van der Waals surface area contributed by atoms with E-state index in [1.54, 1.807) is 24.3 Å². The van der Waals surface area contributed by atoms with E-state index in [1.807, 2.05) is 20.8 Å². The van der Waals surface area contributed by atoms with Crippen molar-refractivity contribution in [2.75, 3.05) is 0 Å². The zero-order valence-electron chi connectivity index (χ0n) is 12.7. The molecule has 0 radical (unpaired) electrons. The van der Waals surface area contributed by atoms with Gasteiger partial charge in [-0.1, -0.05) is 57.2 Å². The van der Waals surface area contributed by atoms with Crippen molar-refractivity contribution in [3.63, 3.8) is 0 Å². The molecule has 0 amide bonds. The Morgan fingerprint density at radius 3 is 1.91 bits per heavy atom. The average Bonchev–Trinajstić information content (AvgIpc) is 2.45. The molecule has 22 heavy (non-hydrogen) atoms. The Kier molecular flexibility index (Phi) is 4.14. The van der Waals surface area contributed by atoms with E-state index in [0.29, 0.717) is 16.7 Å². The highest BCUT2D eigenvalue weighted by Gasteiger charge is 2.30. The summed E-state index contributed by atoms with van der Waals surface area (Å²) in [6, 6.07) is 11.9. The quantitative estimate of drug-likeness (QED) is 0.660. The Balaban J connectivity index is 2.48. The van der Waals surface area contributed by atoms with Crippen LogP contribution in [0.5, 0.6) is 0 Å². The van der Waals surface area contributed by atoms with Gasteiger partial charge in [0.1, 0.15) is 0 Å². The third-order valence-electron chi connectivity index (χ3n) is 3.38. The summed E-state index contributed by atoms with van der Waals surface area (Å²) in [4.78, 5) is 12.5. The topological polar surface area (TPSA) is 17.1 Å². The highest BCUT2D eigenvalue weighted by atomic mass is 19.4. The van der Waals surface area contributed by atoms with Crippen molar-refractivity contribution in [2.45, 2.75) is 26.9 Å². The van der Waals surface area contributed by atoms with Crippen LogP contribution in [0.15, 0.2) is 48.5 Å². The molecule has 0 spiro atoms. The molecule has 0 heterocycles. The summed E-state index contributed by atoms with van der Waals surface area (Å²) in [7, 11) is 0. The molecule has 116 valence electrons. The maximum Gasteiger partial charge on any atom is 0.416 e. The highest BCUT2D eigenvalue weighted by Crippen LogP contribution is 2.33. The Bertz CT molecular complexity index is 677. The van der Waals surface area contributed by atoms with Crippen LogP contribution >= 0.6 is 0 Å². The molecule has 0 aliphatic rings. The summed E-state index contributed by atoms with van der Waals surface area (Å²) in [5.41, 5.74) is 0.519. The van der Waals surface area contributed by atoms with Gasteiger partial charge in [-0.3, -0.25) is 4.79 Å². The van der Waals surface area contributed by atoms with Crippen LogP contribution in [-0.2, 0) is 6.18 Å². The number of ketones is 1. The fourth-order valence-electron chi connectivity index (χ4n) is 2.18. The van der Waals surface area contributed by atoms with Crippen molar-refractivity contribution in [3.8, 4) is 11.1 Å². The highest BCUT2D eigenvalue weighted by molar-refractivity contribution is 6.05. The number of benzene rings is 2. The van der Waals surface area contributed by atoms with Crippen LogP contribution in [0.25, 0.3) is 11.1 Å². The van der Waals surface area contributed by atoms with E-state index in [1.165, 1.54) is 12.1 Å². The number of carbonyl (C=O) groups excluding carboxylic acids is 1. The first-order valence-electron chi connectivity index (χ1n) is 6.92. The van der Waals surface area contributed by atoms with Gasteiger partial charge in [0.2, 0.25) is 0 Å². The van der Waals surface area contributed by atoms with Crippen LogP contribution < -0.4 is 0 Å². The molecule has 0 unspecified atom stereocenters. The summed E-state index contributed by atoms with van der Waals surface area (Å²) in [6.45, 7) is 5.45.